The molecule has 0 aromatic rings. The van der Waals surface area contributed by atoms with Crippen molar-refractivity contribution >= 4 is 31.2 Å². The fourth-order valence-corrected chi connectivity index (χ4v) is 14.2. The third-order valence-corrected chi connectivity index (χ3v) is 13.2. The van der Waals surface area contributed by atoms with Crippen LogP contribution in [0, 0.1) is 0 Å². The van der Waals surface area contributed by atoms with Gasteiger partial charge in [0, 0.05) is 6.08 Å². The molecular formula is C15H34O4Si3. The molecule has 130 valence electrons. The second-order valence-electron chi connectivity index (χ2n) is 8.53. The van der Waals surface area contributed by atoms with E-state index in [1.807, 2.05) is 34.2 Å². The van der Waals surface area contributed by atoms with Crippen LogP contribution < -0.4 is 0 Å². The van der Waals surface area contributed by atoms with E-state index in [2.05, 4.69) is 39.3 Å². The predicted molar refractivity (Wildman–Crippen MR) is 100 cm³/mol. The highest BCUT2D eigenvalue weighted by Crippen LogP contribution is 2.32. The van der Waals surface area contributed by atoms with Gasteiger partial charge < -0.3 is 13.0 Å². The average Bonchev–Trinajstić information content (AvgIpc) is 2.06. The fraction of sp³-hybridized carbons (Fsp3) is 0.800. The summed E-state index contributed by atoms with van der Waals surface area (Å²) in [6.07, 6.45) is 1.51. The van der Waals surface area contributed by atoms with Crippen molar-refractivity contribution in [3.05, 3.63) is 11.6 Å². The Labute approximate surface area is 139 Å². The summed E-state index contributed by atoms with van der Waals surface area (Å²) < 4.78 is 18.7. The van der Waals surface area contributed by atoms with Crippen LogP contribution in [0.5, 0.6) is 0 Å². The minimum Gasteiger partial charge on any atom is -0.455 e. The summed E-state index contributed by atoms with van der Waals surface area (Å²) >= 11 is 0. The first kappa shape index (κ1) is 21.8. The summed E-state index contributed by atoms with van der Waals surface area (Å²) in [6.45, 7) is 22.4. The minimum atomic E-state index is -2.71. The van der Waals surface area contributed by atoms with Crippen LogP contribution in [0.4, 0.5) is 0 Å². The van der Waals surface area contributed by atoms with Crippen molar-refractivity contribution in [3.8, 4) is 0 Å². The number of allylic oxidation sites excluding steroid dienone is 1. The second-order valence-corrected chi connectivity index (χ2v) is 21.7. The van der Waals surface area contributed by atoms with Crippen LogP contribution in [0.2, 0.25) is 45.8 Å². The summed E-state index contributed by atoms with van der Waals surface area (Å²) in [5.41, 5.74) is 0.918. The number of ether oxygens (including phenoxy) is 1. The Morgan fingerprint density at radius 1 is 0.864 bits per heavy atom. The summed E-state index contributed by atoms with van der Waals surface area (Å²) in [6, 6.07) is 0. The van der Waals surface area contributed by atoms with E-state index in [-0.39, 0.29) is 5.97 Å². The molecule has 0 N–H and O–H groups in total. The van der Waals surface area contributed by atoms with Gasteiger partial charge in [0.25, 0.3) is 0 Å². The summed E-state index contributed by atoms with van der Waals surface area (Å²) in [7, 11) is -6.38. The first-order valence-electron chi connectivity index (χ1n) is 7.76. The van der Waals surface area contributed by atoms with E-state index < -0.39 is 30.4 Å². The molecule has 7 heteroatoms. The van der Waals surface area contributed by atoms with E-state index in [9.17, 15) is 4.79 Å². The third-order valence-electron chi connectivity index (χ3n) is 2.86. The normalized spacial score (nSPS) is 13.8. The van der Waals surface area contributed by atoms with Crippen LogP contribution in [-0.2, 0) is 17.8 Å². The minimum absolute atomic E-state index is 0.331. The Bertz CT molecular complexity index is 411. The van der Waals surface area contributed by atoms with Crippen molar-refractivity contribution in [2.24, 2.45) is 0 Å². The highest BCUT2D eigenvalue weighted by atomic mass is 28.5. The molecule has 0 aromatic carbocycles. The van der Waals surface area contributed by atoms with Gasteiger partial charge in [-0.1, -0.05) is 5.57 Å². The first-order valence-corrected chi connectivity index (χ1v) is 16.9. The Kier molecular flexibility index (Phi) is 7.05. The molecular weight excluding hydrogens is 328 g/mol. The van der Waals surface area contributed by atoms with Gasteiger partial charge in [-0.3, -0.25) is 0 Å². The zero-order valence-electron chi connectivity index (χ0n) is 16.2. The van der Waals surface area contributed by atoms with Crippen molar-refractivity contribution in [3.63, 3.8) is 0 Å². The molecule has 22 heavy (non-hydrogen) atoms. The van der Waals surface area contributed by atoms with Crippen molar-refractivity contribution in [1.82, 2.24) is 0 Å². The molecule has 0 rings (SSSR count). The molecule has 0 aliphatic heterocycles. The lowest BCUT2D eigenvalue weighted by atomic mass is 10.3. The van der Waals surface area contributed by atoms with Gasteiger partial charge in [0.2, 0.25) is 0 Å². The van der Waals surface area contributed by atoms with Gasteiger partial charge >= 0.3 is 14.5 Å². The number of carbonyl (C=O) groups excluding carboxylic acids is 1. The summed E-state index contributed by atoms with van der Waals surface area (Å²) in [4.78, 5) is 12.1. The van der Waals surface area contributed by atoms with Crippen LogP contribution in [0.1, 0.15) is 27.7 Å². The maximum atomic E-state index is 12.1. The summed E-state index contributed by atoms with van der Waals surface area (Å²) in [5.74, 6) is -0.331. The molecule has 0 bridgehead atoms. The molecule has 0 aliphatic carbocycles. The molecule has 0 aromatic heterocycles. The molecule has 0 fully saturated rings. The lowest BCUT2D eigenvalue weighted by molar-refractivity contribution is -0.146. The van der Waals surface area contributed by atoms with Crippen LogP contribution in [-0.4, -0.2) is 36.4 Å². The van der Waals surface area contributed by atoms with Gasteiger partial charge in [-0.2, -0.15) is 0 Å². The first-order chi connectivity index (χ1) is 9.47. The van der Waals surface area contributed by atoms with Crippen LogP contribution in [0.25, 0.3) is 0 Å². The number of hydrogen-bond acceptors (Lipinski definition) is 4. The SMILES string of the molecule is CC(C)=CC(=O)OC(C)(C)[Si](C)(O[Si](C)(C)C)O[Si](C)(C)C. The fourth-order valence-electron chi connectivity index (χ4n) is 2.04. The highest BCUT2D eigenvalue weighted by Gasteiger charge is 2.54. The highest BCUT2D eigenvalue weighted by molar-refractivity contribution is 6.88. The molecule has 0 radical (unpaired) electrons. The molecule has 4 nitrogen and oxygen atoms in total. The number of carbonyl (C=O) groups is 1. The molecule has 0 amide bonds. The standard InChI is InChI=1S/C15H34O4Si3/c1-13(2)12-14(16)17-15(3,4)22(11,18-20(5,6)7)19-21(8,9)10/h12H,1-11H3. The maximum absolute atomic E-state index is 12.1. The van der Waals surface area contributed by atoms with E-state index in [1.54, 1.807) is 0 Å². The van der Waals surface area contributed by atoms with Gasteiger partial charge in [0.15, 0.2) is 16.6 Å². The number of esters is 1. The smallest absolute Gasteiger partial charge is 0.359 e. The monoisotopic (exact) mass is 362 g/mol. The van der Waals surface area contributed by atoms with E-state index in [1.165, 1.54) is 6.08 Å². The molecule has 0 atom stereocenters. The Hall–Kier alpha value is -0.219. The number of hydrogen-bond donors (Lipinski definition) is 0. The molecule has 0 spiro atoms. The number of rotatable bonds is 7. The van der Waals surface area contributed by atoms with Crippen molar-refractivity contribution in [1.29, 1.82) is 0 Å². The zero-order valence-corrected chi connectivity index (χ0v) is 19.2. The molecule has 0 unspecified atom stereocenters. The quantitative estimate of drug-likeness (QED) is 0.377. The van der Waals surface area contributed by atoms with Crippen molar-refractivity contribution in [2.45, 2.75) is 78.7 Å². The molecule has 0 saturated carbocycles. The van der Waals surface area contributed by atoms with Crippen LogP contribution >= 0.6 is 0 Å². The topological polar surface area (TPSA) is 44.8 Å². The molecule has 0 saturated heterocycles. The van der Waals surface area contributed by atoms with Crippen molar-refractivity contribution in [2.75, 3.05) is 0 Å². The largest absolute Gasteiger partial charge is 0.455 e. The van der Waals surface area contributed by atoms with Gasteiger partial charge in [0.1, 0.15) is 5.22 Å². The van der Waals surface area contributed by atoms with Gasteiger partial charge in [0.05, 0.1) is 0 Å². The van der Waals surface area contributed by atoms with Gasteiger partial charge in [-0.25, -0.2) is 4.79 Å². The summed E-state index contributed by atoms with van der Waals surface area (Å²) in [5, 5.41) is -0.753. The van der Waals surface area contributed by atoms with Gasteiger partial charge in [-0.15, -0.1) is 0 Å². The predicted octanol–water partition coefficient (Wildman–Crippen LogP) is 4.59. The van der Waals surface area contributed by atoms with E-state index in [0.29, 0.717) is 0 Å². The lowest BCUT2D eigenvalue weighted by Crippen LogP contribution is -2.66. The van der Waals surface area contributed by atoms with Crippen molar-refractivity contribution < 1.29 is 17.8 Å². The van der Waals surface area contributed by atoms with Crippen LogP contribution in [0.15, 0.2) is 11.6 Å². The Balaban J connectivity index is 5.55. The second kappa shape index (κ2) is 7.13. The van der Waals surface area contributed by atoms with E-state index in [4.69, 9.17) is 13.0 Å². The lowest BCUT2D eigenvalue weighted by Gasteiger charge is -2.46. The molecule has 0 aliphatic rings. The molecule has 0 heterocycles. The van der Waals surface area contributed by atoms with E-state index in [0.717, 1.165) is 5.57 Å². The maximum Gasteiger partial charge on any atom is 0.359 e. The Morgan fingerprint density at radius 2 is 1.23 bits per heavy atom. The van der Waals surface area contributed by atoms with Gasteiger partial charge in [-0.05, 0) is 73.5 Å². The third kappa shape index (κ3) is 7.87. The van der Waals surface area contributed by atoms with E-state index >= 15 is 0 Å². The Morgan fingerprint density at radius 3 is 1.50 bits per heavy atom. The van der Waals surface area contributed by atoms with Crippen LogP contribution in [0.3, 0.4) is 0 Å². The average molecular weight is 363 g/mol. The zero-order chi connectivity index (χ0) is 18.0.